The molecule has 0 amide bonds. The summed E-state index contributed by atoms with van der Waals surface area (Å²) in [5, 5.41) is 8.71. The van der Waals surface area contributed by atoms with E-state index in [0.29, 0.717) is 12.0 Å². The second-order valence-electron chi connectivity index (χ2n) is 7.62. The van der Waals surface area contributed by atoms with Crippen molar-refractivity contribution in [2.75, 3.05) is 0 Å². The molecule has 0 unspecified atom stereocenters. The zero-order valence-electron chi connectivity index (χ0n) is 12.5. The Hall–Kier alpha value is -0.900. The van der Waals surface area contributed by atoms with Crippen molar-refractivity contribution in [2.45, 2.75) is 65.0 Å². The molecule has 4 fully saturated rings. The van der Waals surface area contributed by atoms with Crippen molar-refractivity contribution >= 4 is 0 Å². The molecular formula is C16H26N4. The van der Waals surface area contributed by atoms with Gasteiger partial charge >= 0.3 is 0 Å². The van der Waals surface area contributed by atoms with Crippen LogP contribution in [0.15, 0.2) is 0 Å². The molecule has 1 aromatic rings. The van der Waals surface area contributed by atoms with Crippen LogP contribution in [0.4, 0.5) is 0 Å². The van der Waals surface area contributed by atoms with Crippen molar-refractivity contribution in [3.8, 4) is 0 Å². The fraction of sp³-hybridized carbons (Fsp3) is 0.875. The van der Waals surface area contributed by atoms with Crippen LogP contribution in [0.2, 0.25) is 0 Å². The fourth-order valence-corrected chi connectivity index (χ4v) is 5.84. The first-order valence-corrected chi connectivity index (χ1v) is 8.32. The SMILES string of the molecule is CCc1c(CN)nnn1CC12CC3CC(CC(C3)C1)C2. The Morgan fingerprint density at radius 3 is 2.25 bits per heavy atom. The van der Waals surface area contributed by atoms with Crippen LogP contribution in [0, 0.1) is 23.2 Å². The molecule has 1 heterocycles. The maximum atomic E-state index is 5.78. The van der Waals surface area contributed by atoms with Gasteiger partial charge in [-0.2, -0.15) is 0 Å². The molecule has 0 radical (unpaired) electrons. The summed E-state index contributed by atoms with van der Waals surface area (Å²) in [6.45, 7) is 3.80. The molecule has 2 N–H and O–H groups in total. The molecule has 4 aliphatic carbocycles. The van der Waals surface area contributed by atoms with Gasteiger partial charge in [-0.25, -0.2) is 4.68 Å². The highest BCUT2D eigenvalue weighted by atomic mass is 15.4. The molecule has 0 aromatic carbocycles. The van der Waals surface area contributed by atoms with Crippen LogP contribution in [0.5, 0.6) is 0 Å². The highest BCUT2D eigenvalue weighted by Gasteiger charge is 2.51. The van der Waals surface area contributed by atoms with Gasteiger partial charge < -0.3 is 5.73 Å². The Kier molecular flexibility index (Phi) is 2.92. The Morgan fingerprint density at radius 1 is 1.15 bits per heavy atom. The summed E-state index contributed by atoms with van der Waals surface area (Å²) >= 11 is 0. The quantitative estimate of drug-likeness (QED) is 0.918. The second-order valence-corrected chi connectivity index (χ2v) is 7.62. The molecule has 4 nitrogen and oxygen atoms in total. The molecule has 5 rings (SSSR count). The lowest BCUT2D eigenvalue weighted by Gasteiger charge is -2.56. The lowest BCUT2D eigenvalue weighted by Crippen LogP contribution is -2.48. The van der Waals surface area contributed by atoms with Gasteiger partial charge in [0, 0.05) is 13.1 Å². The van der Waals surface area contributed by atoms with Gasteiger partial charge in [0.15, 0.2) is 0 Å². The molecule has 0 aliphatic heterocycles. The molecule has 1 aromatic heterocycles. The maximum Gasteiger partial charge on any atom is 0.0994 e. The number of hydrogen-bond acceptors (Lipinski definition) is 3. The summed E-state index contributed by atoms with van der Waals surface area (Å²) < 4.78 is 2.19. The first-order valence-electron chi connectivity index (χ1n) is 8.32. The first-order chi connectivity index (χ1) is 9.71. The maximum absolute atomic E-state index is 5.78. The summed E-state index contributed by atoms with van der Waals surface area (Å²) in [7, 11) is 0. The zero-order chi connectivity index (χ0) is 13.7. The minimum atomic E-state index is 0.518. The average Bonchev–Trinajstić information content (AvgIpc) is 2.78. The zero-order valence-corrected chi connectivity index (χ0v) is 12.5. The molecular weight excluding hydrogens is 248 g/mol. The van der Waals surface area contributed by atoms with E-state index in [1.165, 1.54) is 44.2 Å². The van der Waals surface area contributed by atoms with E-state index in [1.54, 1.807) is 0 Å². The third-order valence-corrected chi connectivity index (χ3v) is 6.10. The van der Waals surface area contributed by atoms with E-state index in [4.69, 9.17) is 5.73 Å². The smallest absolute Gasteiger partial charge is 0.0994 e. The third kappa shape index (κ3) is 1.92. The standard InChI is InChI=1S/C16H26N4/c1-2-15-14(9-17)18-19-20(15)10-16-6-11-3-12(7-16)5-13(4-11)8-16/h11-13H,2-10,17H2,1H3. The van der Waals surface area contributed by atoms with Crippen molar-refractivity contribution in [1.29, 1.82) is 0 Å². The van der Waals surface area contributed by atoms with Crippen LogP contribution in [-0.2, 0) is 19.5 Å². The molecule has 0 saturated heterocycles. The predicted octanol–water partition coefficient (Wildman–Crippen LogP) is 2.52. The Bertz CT molecular complexity index is 469. The van der Waals surface area contributed by atoms with Crippen molar-refractivity contribution < 1.29 is 0 Å². The van der Waals surface area contributed by atoms with Crippen LogP contribution < -0.4 is 5.73 Å². The van der Waals surface area contributed by atoms with Gasteiger partial charge in [-0.15, -0.1) is 5.10 Å². The van der Waals surface area contributed by atoms with E-state index in [2.05, 4.69) is 21.9 Å². The average molecular weight is 274 g/mol. The number of hydrogen-bond donors (Lipinski definition) is 1. The topological polar surface area (TPSA) is 56.7 Å². The van der Waals surface area contributed by atoms with E-state index < -0.39 is 0 Å². The summed E-state index contributed by atoms with van der Waals surface area (Å²) in [6.07, 6.45) is 9.80. The van der Waals surface area contributed by atoms with E-state index in [1.807, 2.05) is 0 Å². The molecule has 110 valence electrons. The van der Waals surface area contributed by atoms with Crippen LogP contribution in [0.25, 0.3) is 0 Å². The number of aromatic nitrogens is 3. The van der Waals surface area contributed by atoms with Gasteiger partial charge in [0.2, 0.25) is 0 Å². The number of rotatable bonds is 4. The van der Waals surface area contributed by atoms with Gasteiger partial charge in [0.25, 0.3) is 0 Å². The lowest BCUT2D eigenvalue weighted by atomic mass is 9.49. The number of nitrogens with two attached hydrogens (primary N) is 1. The Morgan fingerprint density at radius 2 is 1.75 bits per heavy atom. The monoisotopic (exact) mass is 274 g/mol. The van der Waals surface area contributed by atoms with E-state index in [-0.39, 0.29) is 0 Å². The van der Waals surface area contributed by atoms with Crippen molar-refractivity contribution in [3.05, 3.63) is 11.4 Å². The van der Waals surface area contributed by atoms with Crippen LogP contribution in [0.1, 0.15) is 56.8 Å². The van der Waals surface area contributed by atoms with Gasteiger partial charge in [-0.1, -0.05) is 12.1 Å². The van der Waals surface area contributed by atoms with Gasteiger partial charge in [-0.05, 0) is 68.1 Å². The minimum absolute atomic E-state index is 0.518. The highest BCUT2D eigenvalue weighted by molar-refractivity contribution is 5.11. The summed E-state index contributed by atoms with van der Waals surface area (Å²) in [4.78, 5) is 0. The molecule has 20 heavy (non-hydrogen) atoms. The summed E-state index contributed by atoms with van der Waals surface area (Å²) in [5.41, 5.74) is 8.58. The van der Waals surface area contributed by atoms with Crippen molar-refractivity contribution in [3.63, 3.8) is 0 Å². The van der Waals surface area contributed by atoms with Gasteiger partial charge in [0.05, 0.1) is 11.4 Å². The van der Waals surface area contributed by atoms with E-state index >= 15 is 0 Å². The summed E-state index contributed by atoms with van der Waals surface area (Å²) in [5.74, 6) is 3.01. The molecule has 4 aliphatic rings. The first kappa shape index (κ1) is 12.8. The second kappa shape index (κ2) is 4.55. The van der Waals surface area contributed by atoms with E-state index in [9.17, 15) is 0 Å². The highest BCUT2D eigenvalue weighted by Crippen LogP contribution is 2.60. The summed E-state index contributed by atoms with van der Waals surface area (Å²) in [6, 6.07) is 0. The van der Waals surface area contributed by atoms with Crippen LogP contribution in [0.3, 0.4) is 0 Å². The van der Waals surface area contributed by atoms with Crippen molar-refractivity contribution in [1.82, 2.24) is 15.0 Å². The molecule has 4 saturated carbocycles. The van der Waals surface area contributed by atoms with Gasteiger partial charge in [0.1, 0.15) is 0 Å². The minimum Gasteiger partial charge on any atom is -0.325 e. The molecule has 0 spiro atoms. The largest absolute Gasteiger partial charge is 0.325 e. The Balaban J connectivity index is 1.61. The predicted molar refractivity (Wildman–Crippen MR) is 77.9 cm³/mol. The normalized spacial score (nSPS) is 38.6. The Labute approximate surface area is 121 Å². The number of nitrogens with zero attached hydrogens (tertiary/aromatic N) is 3. The third-order valence-electron chi connectivity index (χ3n) is 6.10. The van der Waals surface area contributed by atoms with E-state index in [0.717, 1.165) is 36.4 Å². The fourth-order valence-electron chi connectivity index (χ4n) is 5.84. The molecule has 4 bridgehead atoms. The van der Waals surface area contributed by atoms with Crippen molar-refractivity contribution in [2.24, 2.45) is 28.9 Å². The van der Waals surface area contributed by atoms with Crippen LogP contribution in [-0.4, -0.2) is 15.0 Å². The van der Waals surface area contributed by atoms with Crippen LogP contribution >= 0.6 is 0 Å². The molecule has 0 atom stereocenters. The molecule has 4 heteroatoms. The lowest BCUT2D eigenvalue weighted by molar-refractivity contribution is -0.0641. The van der Waals surface area contributed by atoms with Gasteiger partial charge in [-0.3, -0.25) is 0 Å².